The number of hydrogen-bond donors (Lipinski definition) is 0. The minimum atomic E-state index is -1.03. The van der Waals surface area contributed by atoms with Crippen molar-refractivity contribution in [3.05, 3.63) is 29.0 Å². The van der Waals surface area contributed by atoms with Crippen LogP contribution in [0, 0.1) is 0 Å². The molecule has 1 aromatic rings. The first-order valence-corrected chi connectivity index (χ1v) is 3.32. The SMILES string of the molecule is O=C(CF)c1cc(Cl)ccn1. The lowest BCUT2D eigenvalue weighted by atomic mass is 10.3. The fraction of sp³-hybridized carbons (Fsp3) is 0.143. The predicted octanol–water partition coefficient (Wildman–Crippen LogP) is 1.89. The zero-order valence-corrected chi connectivity index (χ0v) is 6.31. The minimum Gasteiger partial charge on any atom is -0.289 e. The van der Waals surface area contributed by atoms with Gasteiger partial charge in [-0.2, -0.15) is 0 Å². The van der Waals surface area contributed by atoms with E-state index in [0.29, 0.717) is 5.02 Å². The number of hydrogen-bond acceptors (Lipinski definition) is 2. The number of nitrogens with zero attached hydrogens (tertiary/aromatic N) is 1. The number of rotatable bonds is 2. The number of halogens is 2. The first-order chi connectivity index (χ1) is 5.24. The van der Waals surface area contributed by atoms with Gasteiger partial charge in [-0.25, -0.2) is 4.39 Å². The lowest BCUT2D eigenvalue weighted by Crippen LogP contribution is -2.02. The summed E-state index contributed by atoms with van der Waals surface area (Å²) in [6.45, 7) is -1.03. The standard InChI is InChI=1S/C7H5ClFNO/c8-5-1-2-10-6(3-5)7(11)4-9/h1-3H,4H2. The molecule has 0 spiro atoms. The third-order valence-electron chi connectivity index (χ3n) is 1.13. The number of carbonyl (C=O) groups excluding carboxylic acids is 1. The maximum absolute atomic E-state index is 11.8. The van der Waals surface area contributed by atoms with Crippen LogP contribution in [0.2, 0.25) is 5.02 Å². The van der Waals surface area contributed by atoms with Crippen LogP contribution in [0.4, 0.5) is 4.39 Å². The molecule has 0 aliphatic rings. The molecule has 0 aliphatic carbocycles. The Morgan fingerprint density at radius 3 is 3.00 bits per heavy atom. The quantitative estimate of drug-likeness (QED) is 0.640. The lowest BCUT2D eigenvalue weighted by molar-refractivity contribution is 0.0954. The fourth-order valence-electron chi connectivity index (χ4n) is 0.626. The van der Waals surface area contributed by atoms with Gasteiger partial charge in [0.15, 0.2) is 6.67 Å². The summed E-state index contributed by atoms with van der Waals surface area (Å²) in [6, 6.07) is 2.86. The summed E-state index contributed by atoms with van der Waals surface area (Å²) < 4.78 is 11.8. The molecule has 0 radical (unpaired) electrons. The molecule has 0 amide bonds. The highest BCUT2D eigenvalue weighted by atomic mass is 35.5. The van der Waals surface area contributed by atoms with Crippen molar-refractivity contribution in [3.63, 3.8) is 0 Å². The van der Waals surface area contributed by atoms with Gasteiger partial charge in [-0.15, -0.1) is 0 Å². The molecule has 0 aromatic carbocycles. The van der Waals surface area contributed by atoms with E-state index >= 15 is 0 Å². The van der Waals surface area contributed by atoms with Gasteiger partial charge < -0.3 is 0 Å². The largest absolute Gasteiger partial charge is 0.289 e. The molecule has 58 valence electrons. The van der Waals surface area contributed by atoms with Gasteiger partial charge in [0.2, 0.25) is 5.78 Å². The first kappa shape index (κ1) is 8.14. The van der Waals surface area contributed by atoms with E-state index in [-0.39, 0.29) is 5.69 Å². The highest BCUT2D eigenvalue weighted by molar-refractivity contribution is 6.30. The van der Waals surface area contributed by atoms with E-state index < -0.39 is 12.5 Å². The molecule has 2 nitrogen and oxygen atoms in total. The minimum absolute atomic E-state index is 0.0694. The lowest BCUT2D eigenvalue weighted by Gasteiger charge is -1.94. The summed E-state index contributed by atoms with van der Waals surface area (Å²) in [5, 5.41) is 0.386. The maximum atomic E-state index is 11.8. The highest BCUT2D eigenvalue weighted by Crippen LogP contribution is 2.08. The Kier molecular flexibility index (Phi) is 2.54. The van der Waals surface area contributed by atoms with Crippen LogP contribution in [0.3, 0.4) is 0 Å². The van der Waals surface area contributed by atoms with E-state index in [1.807, 2.05) is 0 Å². The zero-order chi connectivity index (χ0) is 8.27. The van der Waals surface area contributed by atoms with Gasteiger partial charge in [-0.05, 0) is 12.1 Å². The third-order valence-corrected chi connectivity index (χ3v) is 1.36. The zero-order valence-electron chi connectivity index (χ0n) is 5.55. The van der Waals surface area contributed by atoms with Crippen LogP contribution in [-0.2, 0) is 0 Å². The normalized spacial score (nSPS) is 9.64. The number of carbonyl (C=O) groups is 1. The second kappa shape index (κ2) is 3.44. The van der Waals surface area contributed by atoms with Crippen LogP contribution >= 0.6 is 11.6 Å². The molecule has 0 saturated heterocycles. The third kappa shape index (κ3) is 1.98. The summed E-state index contributed by atoms with van der Waals surface area (Å²) in [4.78, 5) is 14.3. The summed E-state index contributed by atoms with van der Waals surface area (Å²) in [5.74, 6) is -0.646. The molecular formula is C7H5ClFNO. The fourth-order valence-corrected chi connectivity index (χ4v) is 0.785. The van der Waals surface area contributed by atoms with Gasteiger partial charge in [0.25, 0.3) is 0 Å². The number of Topliss-reactive ketones (excluding diaryl/α,β-unsaturated/α-hetero) is 1. The molecule has 0 aliphatic heterocycles. The Bertz CT molecular complexity index is 277. The van der Waals surface area contributed by atoms with Crippen molar-refractivity contribution in [2.45, 2.75) is 0 Å². The van der Waals surface area contributed by atoms with E-state index in [9.17, 15) is 9.18 Å². The Morgan fingerprint density at radius 2 is 2.45 bits per heavy atom. The van der Waals surface area contributed by atoms with E-state index in [1.54, 1.807) is 0 Å². The Labute approximate surface area is 68.0 Å². The van der Waals surface area contributed by atoms with Crippen LogP contribution < -0.4 is 0 Å². The Morgan fingerprint density at radius 1 is 1.73 bits per heavy atom. The molecule has 11 heavy (non-hydrogen) atoms. The molecule has 1 aromatic heterocycles. The van der Waals surface area contributed by atoms with Crippen molar-refractivity contribution in [3.8, 4) is 0 Å². The summed E-state index contributed by atoms with van der Waals surface area (Å²) in [5.41, 5.74) is 0.0694. The molecule has 0 fully saturated rings. The number of aromatic nitrogens is 1. The smallest absolute Gasteiger partial charge is 0.212 e. The first-order valence-electron chi connectivity index (χ1n) is 2.95. The number of alkyl halides is 1. The molecular weight excluding hydrogens is 169 g/mol. The molecule has 1 heterocycles. The number of pyridine rings is 1. The molecule has 0 unspecified atom stereocenters. The Hall–Kier alpha value is -0.960. The summed E-state index contributed by atoms with van der Waals surface area (Å²) in [6.07, 6.45) is 1.37. The van der Waals surface area contributed by atoms with Crippen LogP contribution in [0.1, 0.15) is 10.5 Å². The van der Waals surface area contributed by atoms with E-state index in [2.05, 4.69) is 4.98 Å². The highest BCUT2D eigenvalue weighted by Gasteiger charge is 2.05. The second-order valence-electron chi connectivity index (χ2n) is 1.92. The van der Waals surface area contributed by atoms with Crippen LogP contribution in [0.5, 0.6) is 0 Å². The molecule has 0 bridgehead atoms. The van der Waals surface area contributed by atoms with Crippen molar-refractivity contribution >= 4 is 17.4 Å². The van der Waals surface area contributed by atoms with E-state index in [1.165, 1.54) is 18.3 Å². The van der Waals surface area contributed by atoms with Gasteiger partial charge in [-0.3, -0.25) is 9.78 Å². The summed E-state index contributed by atoms with van der Waals surface area (Å²) in [7, 11) is 0. The molecule has 0 saturated carbocycles. The molecule has 4 heteroatoms. The van der Waals surface area contributed by atoms with Gasteiger partial charge in [0.1, 0.15) is 5.69 Å². The maximum Gasteiger partial charge on any atom is 0.212 e. The van der Waals surface area contributed by atoms with Gasteiger partial charge in [-0.1, -0.05) is 11.6 Å². The van der Waals surface area contributed by atoms with Crippen molar-refractivity contribution < 1.29 is 9.18 Å². The van der Waals surface area contributed by atoms with Crippen molar-refractivity contribution in [2.24, 2.45) is 0 Å². The van der Waals surface area contributed by atoms with Crippen molar-refractivity contribution in [2.75, 3.05) is 6.67 Å². The van der Waals surface area contributed by atoms with Crippen LogP contribution in [0.25, 0.3) is 0 Å². The average Bonchev–Trinajstić information content (AvgIpc) is 2.03. The van der Waals surface area contributed by atoms with E-state index in [0.717, 1.165) is 0 Å². The van der Waals surface area contributed by atoms with Crippen LogP contribution in [-0.4, -0.2) is 17.4 Å². The summed E-state index contributed by atoms with van der Waals surface area (Å²) >= 11 is 5.53. The molecule has 0 atom stereocenters. The van der Waals surface area contributed by atoms with Crippen molar-refractivity contribution in [1.82, 2.24) is 4.98 Å². The monoisotopic (exact) mass is 173 g/mol. The van der Waals surface area contributed by atoms with E-state index in [4.69, 9.17) is 11.6 Å². The van der Waals surface area contributed by atoms with Gasteiger partial charge >= 0.3 is 0 Å². The topological polar surface area (TPSA) is 30.0 Å². The Balaban J connectivity index is 2.96. The average molecular weight is 174 g/mol. The molecule has 0 N–H and O–H groups in total. The van der Waals surface area contributed by atoms with Gasteiger partial charge in [0.05, 0.1) is 0 Å². The molecule has 1 rings (SSSR count). The predicted molar refractivity (Wildman–Crippen MR) is 39.6 cm³/mol. The second-order valence-corrected chi connectivity index (χ2v) is 2.35. The van der Waals surface area contributed by atoms with Crippen LogP contribution in [0.15, 0.2) is 18.3 Å². The van der Waals surface area contributed by atoms with Gasteiger partial charge in [0, 0.05) is 11.2 Å². The number of ketones is 1. The van der Waals surface area contributed by atoms with Crippen molar-refractivity contribution in [1.29, 1.82) is 0 Å².